The van der Waals surface area contributed by atoms with Crippen molar-refractivity contribution in [1.82, 2.24) is 0 Å². The maximum atomic E-state index is 13.2. The Labute approximate surface area is 207 Å². The normalized spacial score (nSPS) is 38.6. The van der Waals surface area contributed by atoms with E-state index in [1.165, 1.54) is 5.57 Å². The van der Waals surface area contributed by atoms with Gasteiger partial charge in [-0.15, -0.1) is 0 Å². The number of carbonyl (C=O) groups excluding carboxylic acids is 1. The average molecular weight is 480 g/mol. The van der Waals surface area contributed by atoms with Crippen LogP contribution in [0.2, 0.25) is 0 Å². The molecule has 2 N–H and O–H groups in total. The minimum absolute atomic E-state index is 0.0872. The second-order valence-electron chi connectivity index (χ2n) is 11.3. The van der Waals surface area contributed by atoms with Crippen LogP contribution in [0, 0.1) is 28.6 Å². The van der Waals surface area contributed by atoms with E-state index in [1.54, 1.807) is 0 Å². The lowest BCUT2D eigenvalue weighted by molar-refractivity contribution is -0.141. The first kappa shape index (κ1) is 24.3. The minimum atomic E-state index is -0.812. The van der Waals surface area contributed by atoms with Crippen molar-refractivity contribution in [3.05, 3.63) is 53.6 Å². The van der Waals surface area contributed by atoms with E-state index >= 15 is 0 Å². The molecule has 7 atom stereocenters. The molecule has 0 radical (unpaired) electrons. The summed E-state index contributed by atoms with van der Waals surface area (Å²) >= 11 is 0. The Kier molecular flexibility index (Phi) is 6.39. The molecule has 6 heteroatoms. The number of carbonyl (C=O) groups is 1. The van der Waals surface area contributed by atoms with E-state index in [0.29, 0.717) is 26.1 Å². The second kappa shape index (κ2) is 9.21. The summed E-state index contributed by atoms with van der Waals surface area (Å²) in [5.74, 6) is 1.16. The summed E-state index contributed by atoms with van der Waals surface area (Å²) in [5, 5.41) is 25.1. The number of allylic oxidation sites excluding steroid dienone is 4. The van der Waals surface area contributed by atoms with Crippen LogP contribution in [0.4, 0.5) is 0 Å². The molecule has 0 aliphatic heterocycles. The highest BCUT2D eigenvalue weighted by atomic mass is 16.6. The van der Waals surface area contributed by atoms with Gasteiger partial charge in [0.05, 0.1) is 17.9 Å². The number of aliphatic hydroxyl groups is 2. The summed E-state index contributed by atoms with van der Waals surface area (Å²) < 4.78 is 5.68. The predicted molar refractivity (Wildman–Crippen MR) is 134 cm³/mol. The van der Waals surface area contributed by atoms with Crippen LogP contribution in [0.15, 0.2) is 58.8 Å². The number of aliphatic hydroxyl groups excluding tert-OH is 2. The highest BCUT2D eigenvalue weighted by molar-refractivity contribution is 5.96. The van der Waals surface area contributed by atoms with Gasteiger partial charge in [0.1, 0.15) is 12.4 Å². The van der Waals surface area contributed by atoms with Crippen LogP contribution in [-0.4, -0.2) is 47.1 Å². The zero-order chi connectivity index (χ0) is 24.8. The molecule has 4 aliphatic rings. The van der Waals surface area contributed by atoms with Crippen molar-refractivity contribution in [2.45, 2.75) is 65.1 Å². The molecular formula is C29H37NO5. The largest absolute Gasteiger partial charge is 0.490 e. The third kappa shape index (κ3) is 4.15. The van der Waals surface area contributed by atoms with Crippen LogP contribution in [0.5, 0.6) is 5.75 Å². The summed E-state index contributed by atoms with van der Waals surface area (Å²) in [5.41, 5.74) is 2.99. The van der Waals surface area contributed by atoms with Crippen LogP contribution >= 0.6 is 0 Å². The molecular weight excluding hydrogens is 442 g/mol. The molecule has 0 amide bonds. The van der Waals surface area contributed by atoms with E-state index in [0.717, 1.165) is 36.3 Å². The molecule has 4 aliphatic carbocycles. The predicted octanol–water partition coefficient (Wildman–Crippen LogP) is 4.47. The van der Waals surface area contributed by atoms with Gasteiger partial charge in [0.25, 0.3) is 0 Å². The number of hydrogen-bond acceptors (Lipinski definition) is 6. The molecule has 0 bridgehead atoms. The molecule has 5 rings (SSSR count). The lowest BCUT2D eigenvalue weighted by Crippen LogP contribution is -2.55. The molecule has 6 nitrogen and oxygen atoms in total. The highest BCUT2D eigenvalue weighted by Gasteiger charge is 2.58. The lowest BCUT2D eigenvalue weighted by atomic mass is 9.48. The van der Waals surface area contributed by atoms with Crippen molar-refractivity contribution >= 4 is 11.5 Å². The Bertz CT molecular complexity index is 1060. The molecule has 188 valence electrons. The van der Waals surface area contributed by atoms with Gasteiger partial charge in [-0.2, -0.15) is 0 Å². The molecule has 0 saturated heterocycles. The smallest absolute Gasteiger partial charge is 0.159 e. The number of fused-ring (bicyclic) bond motifs is 5. The molecule has 0 spiro atoms. The van der Waals surface area contributed by atoms with Crippen molar-refractivity contribution < 1.29 is 24.6 Å². The third-order valence-electron chi connectivity index (χ3n) is 9.28. The molecule has 0 aromatic heterocycles. The fraction of sp³-hybridized carbons (Fsp3) is 0.586. The van der Waals surface area contributed by atoms with E-state index in [-0.39, 0.29) is 34.4 Å². The maximum Gasteiger partial charge on any atom is 0.159 e. The molecule has 1 aromatic carbocycles. The second-order valence-corrected chi connectivity index (χ2v) is 11.3. The summed E-state index contributed by atoms with van der Waals surface area (Å²) in [7, 11) is 0. The van der Waals surface area contributed by atoms with Gasteiger partial charge in [-0.05, 0) is 79.7 Å². The van der Waals surface area contributed by atoms with Gasteiger partial charge in [-0.25, -0.2) is 0 Å². The molecule has 2 fully saturated rings. The minimum Gasteiger partial charge on any atom is -0.490 e. The van der Waals surface area contributed by atoms with Gasteiger partial charge in [-0.3, -0.25) is 4.79 Å². The Morgan fingerprint density at radius 3 is 2.66 bits per heavy atom. The van der Waals surface area contributed by atoms with E-state index in [4.69, 9.17) is 9.57 Å². The Hall–Kier alpha value is -2.44. The number of nitrogens with zero attached hydrogens (tertiary/aromatic N) is 1. The third-order valence-corrected chi connectivity index (χ3v) is 9.28. The van der Waals surface area contributed by atoms with Gasteiger partial charge in [-0.1, -0.05) is 43.3 Å². The Balaban J connectivity index is 1.28. The number of rotatable bonds is 6. The number of oxime groups is 1. The van der Waals surface area contributed by atoms with Crippen molar-refractivity contribution in [1.29, 1.82) is 0 Å². The van der Waals surface area contributed by atoms with Crippen LogP contribution in [-0.2, 0) is 9.63 Å². The topological polar surface area (TPSA) is 88.4 Å². The Morgan fingerprint density at radius 2 is 1.89 bits per heavy atom. The first-order chi connectivity index (χ1) is 16.7. The zero-order valence-corrected chi connectivity index (χ0v) is 20.9. The van der Waals surface area contributed by atoms with E-state index in [2.05, 4.69) is 25.1 Å². The quantitative estimate of drug-likeness (QED) is 0.357. The zero-order valence-electron chi connectivity index (χ0n) is 20.9. The SMILES string of the molecule is C/C(=N/OCCOc1ccccc1)[C@H]1CC=C2C3=CC(=O)[C@@H]4C[C@@H](O)[C@@H](O)C[C@]4(C)C3CC[C@@]21C. The van der Waals surface area contributed by atoms with Gasteiger partial charge in [0.15, 0.2) is 12.4 Å². The summed E-state index contributed by atoms with van der Waals surface area (Å²) in [6.07, 6.45) is 6.26. The van der Waals surface area contributed by atoms with Crippen LogP contribution in [0.1, 0.15) is 52.9 Å². The number of ether oxygens (including phenoxy) is 1. The fourth-order valence-electron chi connectivity index (χ4n) is 7.36. The van der Waals surface area contributed by atoms with Crippen molar-refractivity contribution in [3.63, 3.8) is 0 Å². The number of ketones is 1. The highest BCUT2D eigenvalue weighted by Crippen LogP contribution is 2.63. The molecule has 1 unspecified atom stereocenters. The summed E-state index contributed by atoms with van der Waals surface area (Å²) in [6.45, 7) is 7.29. The molecule has 1 aromatic rings. The standard InChI is InChI=1S/C29H37NO5/c1-18(30-35-14-13-34-19-7-5-4-6-8-19)21-9-10-22-20-15-25(31)24-16-26(32)27(33)17-29(24,3)23(20)11-12-28(21,22)2/h4-8,10,15,21,23-24,26-27,32-33H,9,11-14,16-17H2,1-3H3/b30-18-/t21-,23?,24+,26-,27+,28-,29-/m1/s1. The van der Waals surface area contributed by atoms with Gasteiger partial charge >= 0.3 is 0 Å². The molecule has 2 saturated carbocycles. The van der Waals surface area contributed by atoms with Crippen LogP contribution in [0.25, 0.3) is 0 Å². The maximum absolute atomic E-state index is 13.2. The van der Waals surface area contributed by atoms with E-state index < -0.39 is 12.2 Å². The number of hydrogen-bond donors (Lipinski definition) is 2. The monoisotopic (exact) mass is 479 g/mol. The van der Waals surface area contributed by atoms with Gasteiger partial charge in [0, 0.05) is 17.3 Å². The van der Waals surface area contributed by atoms with Crippen LogP contribution in [0.3, 0.4) is 0 Å². The number of benzene rings is 1. The number of para-hydroxylation sites is 1. The summed E-state index contributed by atoms with van der Waals surface area (Å²) in [4.78, 5) is 18.8. The molecule has 35 heavy (non-hydrogen) atoms. The van der Waals surface area contributed by atoms with Crippen molar-refractivity contribution in [3.8, 4) is 5.75 Å². The van der Waals surface area contributed by atoms with Crippen molar-refractivity contribution in [2.24, 2.45) is 33.7 Å². The van der Waals surface area contributed by atoms with Crippen molar-refractivity contribution in [2.75, 3.05) is 13.2 Å². The van der Waals surface area contributed by atoms with E-state index in [9.17, 15) is 15.0 Å². The Morgan fingerprint density at radius 1 is 1.11 bits per heavy atom. The van der Waals surface area contributed by atoms with Gasteiger partial charge < -0.3 is 19.8 Å². The van der Waals surface area contributed by atoms with E-state index in [1.807, 2.05) is 43.3 Å². The average Bonchev–Trinajstić information content (AvgIpc) is 3.19. The first-order valence-corrected chi connectivity index (χ1v) is 12.9. The van der Waals surface area contributed by atoms with Gasteiger partial charge in [0.2, 0.25) is 0 Å². The fourth-order valence-corrected chi connectivity index (χ4v) is 7.36. The first-order valence-electron chi connectivity index (χ1n) is 12.9. The lowest BCUT2D eigenvalue weighted by Gasteiger charge is -2.56. The molecule has 0 heterocycles. The van der Waals surface area contributed by atoms with Crippen LogP contribution < -0.4 is 4.74 Å². The summed E-state index contributed by atoms with van der Waals surface area (Å²) in [6, 6.07) is 9.67.